The van der Waals surface area contributed by atoms with E-state index in [9.17, 15) is 5.21 Å². The molecule has 1 unspecified atom stereocenters. The Balaban J connectivity index is 3.06. The number of hydroxylamine groups is 2. The summed E-state index contributed by atoms with van der Waals surface area (Å²) in [6.45, 7) is 2.63. The normalized spacial score (nSPS) is 13.1. The van der Waals surface area contributed by atoms with E-state index in [4.69, 9.17) is 10.2 Å². The molecule has 0 bridgehead atoms. The number of aliphatic hydroxyl groups is 2. The number of unbranched alkanes of at least 4 members (excludes halogenated alkanes) is 11. The SMILES string of the molecule is CCCCCCCCCCCCCC[NH+]([O-])CC(O)O. The molecule has 0 aromatic carbocycles. The zero-order valence-electron chi connectivity index (χ0n) is 13.3. The van der Waals surface area contributed by atoms with E-state index in [0.717, 1.165) is 12.8 Å². The molecular formula is C16H35NO3. The van der Waals surface area contributed by atoms with Crippen molar-refractivity contribution in [1.29, 1.82) is 0 Å². The van der Waals surface area contributed by atoms with Crippen LogP contribution in [0.4, 0.5) is 0 Å². The molecule has 0 saturated carbocycles. The fraction of sp³-hybridized carbons (Fsp3) is 1.00. The van der Waals surface area contributed by atoms with E-state index in [2.05, 4.69) is 6.92 Å². The van der Waals surface area contributed by atoms with Gasteiger partial charge in [0.1, 0.15) is 6.54 Å². The lowest BCUT2D eigenvalue weighted by Crippen LogP contribution is -3.08. The van der Waals surface area contributed by atoms with Crippen molar-refractivity contribution in [2.45, 2.75) is 90.3 Å². The van der Waals surface area contributed by atoms with Crippen molar-refractivity contribution in [2.24, 2.45) is 0 Å². The highest BCUT2D eigenvalue weighted by Gasteiger charge is 2.03. The number of rotatable bonds is 15. The van der Waals surface area contributed by atoms with Gasteiger partial charge in [0.25, 0.3) is 0 Å². The predicted molar refractivity (Wildman–Crippen MR) is 83.4 cm³/mol. The first-order valence-electron chi connectivity index (χ1n) is 8.54. The molecule has 0 aromatic heterocycles. The van der Waals surface area contributed by atoms with Gasteiger partial charge in [0.15, 0.2) is 0 Å². The third-order valence-electron chi connectivity index (χ3n) is 3.72. The van der Waals surface area contributed by atoms with Crippen molar-refractivity contribution in [3.63, 3.8) is 0 Å². The van der Waals surface area contributed by atoms with Gasteiger partial charge in [-0.1, -0.05) is 71.1 Å². The fourth-order valence-corrected chi connectivity index (χ4v) is 2.47. The third kappa shape index (κ3) is 15.9. The molecule has 0 aliphatic carbocycles. The Bertz CT molecular complexity index is 189. The van der Waals surface area contributed by atoms with Gasteiger partial charge >= 0.3 is 0 Å². The van der Waals surface area contributed by atoms with Gasteiger partial charge in [-0.15, -0.1) is 0 Å². The van der Waals surface area contributed by atoms with Crippen molar-refractivity contribution in [1.82, 2.24) is 0 Å². The largest absolute Gasteiger partial charge is 0.634 e. The highest BCUT2D eigenvalue weighted by molar-refractivity contribution is 4.48. The van der Waals surface area contributed by atoms with Gasteiger partial charge in [0.05, 0.1) is 6.54 Å². The van der Waals surface area contributed by atoms with Crippen LogP contribution in [0, 0.1) is 5.21 Å². The molecule has 0 heterocycles. The maximum atomic E-state index is 11.2. The van der Waals surface area contributed by atoms with Crippen LogP contribution in [0.25, 0.3) is 0 Å². The molecule has 0 amide bonds. The summed E-state index contributed by atoms with van der Waals surface area (Å²) in [5.41, 5.74) is 0. The van der Waals surface area contributed by atoms with Crippen LogP contribution in [0.1, 0.15) is 84.0 Å². The van der Waals surface area contributed by atoms with E-state index in [1.54, 1.807) is 0 Å². The zero-order valence-corrected chi connectivity index (χ0v) is 13.3. The summed E-state index contributed by atoms with van der Waals surface area (Å²) in [4.78, 5) is 0. The fourth-order valence-electron chi connectivity index (χ4n) is 2.47. The molecule has 0 rings (SSSR count). The average Bonchev–Trinajstić information content (AvgIpc) is 2.39. The van der Waals surface area contributed by atoms with E-state index in [-0.39, 0.29) is 11.6 Å². The van der Waals surface area contributed by atoms with Crippen molar-refractivity contribution in [3.8, 4) is 0 Å². The second-order valence-electron chi connectivity index (χ2n) is 5.86. The number of hydrogen-bond donors (Lipinski definition) is 3. The maximum absolute atomic E-state index is 11.2. The minimum atomic E-state index is -1.47. The minimum Gasteiger partial charge on any atom is -0.634 e. The van der Waals surface area contributed by atoms with E-state index in [1.165, 1.54) is 64.2 Å². The highest BCUT2D eigenvalue weighted by atomic mass is 16.5. The van der Waals surface area contributed by atoms with Crippen LogP contribution in [0.2, 0.25) is 0 Å². The van der Waals surface area contributed by atoms with Crippen LogP contribution in [0.15, 0.2) is 0 Å². The molecular weight excluding hydrogens is 254 g/mol. The first-order valence-corrected chi connectivity index (χ1v) is 8.54. The Hall–Kier alpha value is -0.160. The number of nitrogens with one attached hydrogen (secondary N) is 1. The summed E-state index contributed by atoms with van der Waals surface area (Å²) in [7, 11) is 0. The molecule has 0 aliphatic rings. The Kier molecular flexibility index (Phi) is 15.1. The summed E-state index contributed by atoms with van der Waals surface area (Å²) in [5, 5.41) is 28.5. The monoisotopic (exact) mass is 289 g/mol. The lowest BCUT2D eigenvalue weighted by atomic mass is 10.1. The van der Waals surface area contributed by atoms with Crippen molar-refractivity contribution >= 4 is 0 Å². The third-order valence-corrected chi connectivity index (χ3v) is 3.72. The Morgan fingerprint density at radius 3 is 1.55 bits per heavy atom. The van der Waals surface area contributed by atoms with Crippen LogP contribution in [0.5, 0.6) is 0 Å². The molecule has 0 spiro atoms. The first kappa shape index (κ1) is 19.8. The van der Waals surface area contributed by atoms with Gasteiger partial charge in [-0.25, -0.2) is 0 Å². The second kappa shape index (κ2) is 15.2. The van der Waals surface area contributed by atoms with E-state index < -0.39 is 6.29 Å². The summed E-state index contributed by atoms with van der Waals surface area (Å²) in [6.07, 6.45) is 13.9. The van der Waals surface area contributed by atoms with Crippen LogP contribution in [0.3, 0.4) is 0 Å². The summed E-state index contributed by atoms with van der Waals surface area (Å²) in [6, 6.07) is 0. The topological polar surface area (TPSA) is 68.0 Å². The van der Waals surface area contributed by atoms with Gasteiger partial charge in [-0.05, 0) is 12.8 Å². The van der Waals surface area contributed by atoms with Gasteiger partial charge < -0.3 is 20.5 Å². The number of quaternary nitrogens is 1. The smallest absolute Gasteiger partial charge is 0.202 e. The Morgan fingerprint density at radius 1 is 0.750 bits per heavy atom. The van der Waals surface area contributed by atoms with Gasteiger partial charge in [-0.3, -0.25) is 0 Å². The van der Waals surface area contributed by atoms with Crippen molar-refractivity contribution in [3.05, 3.63) is 5.21 Å². The van der Waals surface area contributed by atoms with Crippen LogP contribution >= 0.6 is 0 Å². The predicted octanol–water partition coefficient (Wildman–Crippen LogP) is 2.38. The maximum Gasteiger partial charge on any atom is 0.202 e. The number of hydrogen-bond acceptors (Lipinski definition) is 3. The van der Waals surface area contributed by atoms with Gasteiger partial charge in [0, 0.05) is 0 Å². The molecule has 122 valence electrons. The Morgan fingerprint density at radius 2 is 1.15 bits per heavy atom. The molecule has 0 saturated heterocycles. The minimum absolute atomic E-state index is 0.0351. The molecule has 4 nitrogen and oxygen atoms in total. The van der Waals surface area contributed by atoms with E-state index >= 15 is 0 Å². The van der Waals surface area contributed by atoms with E-state index in [0.29, 0.717) is 6.54 Å². The van der Waals surface area contributed by atoms with Crippen molar-refractivity contribution < 1.29 is 15.3 Å². The summed E-state index contributed by atoms with van der Waals surface area (Å²) >= 11 is 0. The molecule has 20 heavy (non-hydrogen) atoms. The lowest BCUT2D eigenvalue weighted by Gasteiger charge is -2.22. The first-order chi connectivity index (χ1) is 9.66. The molecule has 1 atom stereocenters. The average molecular weight is 289 g/mol. The standard InChI is InChI=1S/C16H35NO3/c1-2-3-4-5-6-7-8-9-10-11-12-13-14-17(20)15-16(18)19/h16-19H,2-15H2,1H3. The molecule has 0 fully saturated rings. The number of aliphatic hydroxyl groups excluding tert-OH is 1. The van der Waals surface area contributed by atoms with Crippen LogP contribution < -0.4 is 5.06 Å². The van der Waals surface area contributed by atoms with E-state index in [1.807, 2.05) is 0 Å². The van der Waals surface area contributed by atoms with Gasteiger partial charge in [-0.2, -0.15) is 0 Å². The zero-order chi connectivity index (χ0) is 15.1. The summed E-state index contributed by atoms with van der Waals surface area (Å²) in [5.74, 6) is 0. The summed E-state index contributed by atoms with van der Waals surface area (Å²) < 4.78 is 0. The highest BCUT2D eigenvalue weighted by Crippen LogP contribution is 2.11. The van der Waals surface area contributed by atoms with Crippen LogP contribution in [-0.2, 0) is 0 Å². The Labute approximate surface area is 124 Å². The second-order valence-corrected chi connectivity index (χ2v) is 5.86. The van der Waals surface area contributed by atoms with Crippen molar-refractivity contribution in [2.75, 3.05) is 13.1 Å². The molecule has 4 heteroatoms. The lowest BCUT2D eigenvalue weighted by molar-refractivity contribution is -0.855. The van der Waals surface area contributed by atoms with Gasteiger partial charge in [0.2, 0.25) is 6.29 Å². The molecule has 0 aromatic rings. The molecule has 0 radical (unpaired) electrons. The molecule has 0 aliphatic heterocycles. The quantitative estimate of drug-likeness (QED) is 0.246. The van der Waals surface area contributed by atoms with Crippen LogP contribution in [-0.4, -0.2) is 29.6 Å². The molecule has 3 N–H and O–H groups in total.